The average molecular weight is 326 g/mol. The van der Waals surface area contributed by atoms with Crippen molar-refractivity contribution in [2.24, 2.45) is 0 Å². The van der Waals surface area contributed by atoms with E-state index in [1.54, 1.807) is 24.3 Å². The van der Waals surface area contributed by atoms with Gasteiger partial charge in [0.15, 0.2) is 11.5 Å². The van der Waals surface area contributed by atoms with Crippen molar-refractivity contribution in [3.05, 3.63) is 52.3 Å². The fraction of sp³-hybridized carbons (Fsp3) is 0.143. The summed E-state index contributed by atoms with van der Waals surface area (Å²) in [4.78, 5) is 0. The summed E-state index contributed by atoms with van der Waals surface area (Å²) in [5.41, 5.74) is 1.46. The number of rotatable bonds is 4. The maximum absolute atomic E-state index is 13.0. The molecule has 0 fully saturated rings. The van der Waals surface area contributed by atoms with Crippen LogP contribution < -0.4 is 10.1 Å². The van der Waals surface area contributed by atoms with Crippen molar-refractivity contribution >= 4 is 21.6 Å². The number of phenolic OH excluding ortho intramolecular Hbond substituents is 1. The van der Waals surface area contributed by atoms with Crippen molar-refractivity contribution in [2.45, 2.75) is 6.54 Å². The predicted octanol–water partition coefficient (Wildman–Crippen LogP) is 3.91. The molecule has 0 amide bonds. The van der Waals surface area contributed by atoms with Gasteiger partial charge in [0, 0.05) is 22.3 Å². The van der Waals surface area contributed by atoms with E-state index in [9.17, 15) is 9.50 Å². The number of aromatic hydroxyl groups is 1. The molecular formula is C14H13BrFNO2. The van der Waals surface area contributed by atoms with Gasteiger partial charge in [-0.3, -0.25) is 0 Å². The van der Waals surface area contributed by atoms with Gasteiger partial charge >= 0.3 is 0 Å². The SMILES string of the molecule is COc1cccc(CNc2ccc(F)cc2Br)c1O. The maximum Gasteiger partial charge on any atom is 0.162 e. The number of halogens is 2. The van der Waals surface area contributed by atoms with E-state index in [1.807, 2.05) is 0 Å². The lowest BCUT2D eigenvalue weighted by Gasteiger charge is -2.11. The third kappa shape index (κ3) is 3.17. The zero-order valence-electron chi connectivity index (χ0n) is 10.3. The van der Waals surface area contributed by atoms with Crippen molar-refractivity contribution in [3.8, 4) is 11.5 Å². The fourth-order valence-electron chi connectivity index (χ4n) is 1.70. The van der Waals surface area contributed by atoms with Gasteiger partial charge in [-0.2, -0.15) is 0 Å². The lowest BCUT2D eigenvalue weighted by atomic mass is 10.2. The lowest BCUT2D eigenvalue weighted by Crippen LogP contribution is -2.01. The Hall–Kier alpha value is -1.75. The maximum atomic E-state index is 13.0. The second kappa shape index (κ2) is 5.93. The van der Waals surface area contributed by atoms with Gasteiger partial charge in [0.2, 0.25) is 0 Å². The number of ether oxygens (including phenoxy) is 1. The molecule has 0 bridgehead atoms. The Labute approximate surface area is 119 Å². The Balaban J connectivity index is 2.14. The number of hydrogen-bond donors (Lipinski definition) is 2. The van der Waals surface area contributed by atoms with Crippen molar-refractivity contribution in [1.82, 2.24) is 0 Å². The number of hydrogen-bond acceptors (Lipinski definition) is 3. The molecule has 19 heavy (non-hydrogen) atoms. The first-order valence-corrected chi connectivity index (χ1v) is 6.45. The molecule has 0 aliphatic heterocycles. The third-order valence-electron chi connectivity index (χ3n) is 2.70. The number of benzene rings is 2. The summed E-state index contributed by atoms with van der Waals surface area (Å²) < 4.78 is 18.6. The van der Waals surface area contributed by atoms with Crippen molar-refractivity contribution in [3.63, 3.8) is 0 Å². The first-order valence-electron chi connectivity index (χ1n) is 5.65. The molecule has 5 heteroatoms. The van der Waals surface area contributed by atoms with Crippen LogP contribution in [0.2, 0.25) is 0 Å². The van der Waals surface area contributed by atoms with E-state index in [4.69, 9.17) is 4.74 Å². The molecule has 0 aliphatic carbocycles. The topological polar surface area (TPSA) is 41.5 Å². The van der Waals surface area contributed by atoms with Crippen LogP contribution in [0.5, 0.6) is 11.5 Å². The molecule has 0 atom stereocenters. The Morgan fingerprint density at radius 2 is 2.11 bits per heavy atom. The smallest absolute Gasteiger partial charge is 0.162 e. The lowest BCUT2D eigenvalue weighted by molar-refractivity contribution is 0.371. The van der Waals surface area contributed by atoms with E-state index in [1.165, 1.54) is 19.2 Å². The van der Waals surface area contributed by atoms with E-state index in [2.05, 4.69) is 21.2 Å². The van der Waals surface area contributed by atoms with Crippen LogP contribution in [0.4, 0.5) is 10.1 Å². The minimum Gasteiger partial charge on any atom is -0.504 e. The number of nitrogens with one attached hydrogen (secondary N) is 1. The summed E-state index contributed by atoms with van der Waals surface area (Å²) in [5.74, 6) is 0.231. The summed E-state index contributed by atoms with van der Waals surface area (Å²) >= 11 is 3.28. The van der Waals surface area contributed by atoms with Crippen LogP contribution in [-0.2, 0) is 6.54 Å². The summed E-state index contributed by atoms with van der Waals surface area (Å²) in [7, 11) is 1.50. The number of anilines is 1. The highest BCUT2D eigenvalue weighted by atomic mass is 79.9. The summed E-state index contributed by atoms with van der Waals surface area (Å²) in [6.45, 7) is 0.410. The average Bonchev–Trinajstić information content (AvgIpc) is 2.39. The molecule has 2 rings (SSSR count). The van der Waals surface area contributed by atoms with Gasteiger partial charge in [0.25, 0.3) is 0 Å². The molecule has 100 valence electrons. The summed E-state index contributed by atoms with van der Waals surface area (Å²) in [6.07, 6.45) is 0. The van der Waals surface area contributed by atoms with Crippen LogP contribution >= 0.6 is 15.9 Å². The molecule has 2 N–H and O–H groups in total. The molecule has 2 aromatic rings. The van der Waals surface area contributed by atoms with Gasteiger partial charge in [-0.25, -0.2) is 4.39 Å². The van der Waals surface area contributed by atoms with E-state index >= 15 is 0 Å². The zero-order valence-corrected chi connectivity index (χ0v) is 11.9. The van der Waals surface area contributed by atoms with E-state index in [-0.39, 0.29) is 11.6 Å². The first-order chi connectivity index (χ1) is 9.11. The minimum absolute atomic E-state index is 0.107. The summed E-state index contributed by atoms with van der Waals surface area (Å²) in [5, 5.41) is 13.1. The van der Waals surface area contributed by atoms with Crippen molar-refractivity contribution < 1.29 is 14.2 Å². The van der Waals surface area contributed by atoms with Gasteiger partial charge < -0.3 is 15.2 Å². The molecule has 3 nitrogen and oxygen atoms in total. The zero-order chi connectivity index (χ0) is 13.8. The Morgan fingerprint density at radius 1 is 1.32 bits per heavy atom. The summed E-state index contributed by atoms with van der Waals surface area (Å²) in [6, 6.07) is 9.67. The molecule has 2 aromatic carbocycles. The normalized spacial score (nSPS) is 10.3. The minimum atomic E-state index is -0.304. The molecular weight excluding hydrogens is 313 g/mol. The van der Waals surface area contributed by atoms with E-state index < -0.39 is 0 Å². The van der Waals surface area contributed by atoms with Crippen molar-refractivity contribution in [2.75, 3.05) is 12.4 Å². The second-order valence-corrected chi connectivity index (χ2v) is 4.80. The second-order valence-electron chi connectivity index (χ2n) is 3.95. The molecule has 0 aromatic heterocycles. The van der Waals surface area contributed by atoms with Gasteiger partial charge in [-0.05, 0) is 40.2 Å². The molecule has 0 aliphatic rings. The van der Waals surface area contributed by atoms with Gasteiger partial charge in [0.05, 0.1) is 7.11 Å². The van der Waals surface area contributed by atoms with Crippen LogP contribution in [0.25, 0.3) is 0 Å². The van der Waals surface area contributed by atoms with Gasteiger partial charge in [0.1, 0.15) is 5.82 Å². The fourth-order valence-corrected chi connectivity index (χ4v) is 2.19. The molecule has 0 saturated carbocycles. The van der Waals surface area contributed by atoms with Gasteiger partial charge in [-0.1, -0.05) is 12.1 Å². The molecule has 0 unspecified atom stereocenters. The highest BCUT2D eigenvalue weighted by Gasteiger charge is 2.08. The monoisotopic (exact) mass is 325 g/mol. The van der Waals surface area contributed by atoms with Crippen LogP contribution in [0.15, 0.2) is 40.9 Å². The molecule has 0 radical (unpaired) electrons. The number of para-hydroxylation sites is 1. The number of phenols is 1. The van der Waals surface area contributed by atoms with E-state index in [0.29, 0.717) is 22.3 Å². The highest BCUT2D eigenvalue weighted by molar-refractivity contribution is 9.10. The van der Waals surface area contributed by atoms with Crippen LogP contribution in [-0.4, -0.2) is 12.2 Å². The van der Waals surface area contributed by atoms with Crippen LogP contribution in [0.3, 0.4) is 0 Å². The molecule has 0 spiro atoms. The van der Waals surface area contributed by atoms with Crippen LogP contribution in [0, 0.1) is 5.82 Å². The first kappa shape index (κ1) is 13.7. The Kier molecular flexibility index (Phi) is 4.27. The standard InChI is InChI=1S/C14H13BrFNO2/c1-19-13-4-2-3-9(14(13)18)8-17-12-6-5-10(16)7-11(12)15/h2-7,17-18H,8H2,1H3. The molecule has 0 heterocycles. The quantitative estimate of drug-likeness (QED) is 0.895. The largest absolute Gasteiger partial charge is 0.504 e. The van der Waals surface area contributed by atoms with E-state index in [0.717, 1.165) is 5.69 Å². The predicted molar refractivity (Wildman–Crippen MR) is 76.1 cm³/mol. The van der Waals surface area contributed by atoms with Crippen LogP contribution in [0.1, 0.15) is 5.56 Å². The Bertz CT molecular complexity index is 590. The number of methoxy groups -OCH3 is 1. The molecule has 0 saturated heterocycles. The van der Waals surface area contributed by atoms with Crippen molar-refractivity contribution in [1.29, 1.82) is 0 Å². The third-order valence-corrected chi connectivity index (χ3v) is 3.36. The van der Waals surface area contributed by atoms with Gasteiger partial charge in [-0.15, -0.1) is 0 Å². The highest BCUT2D eigenvalue weighted by Crippen LogP contribution is 2.30. The Morgan fingerprint density at radius 3 is 2.79 bits per heavy atom.